The quantitative estimate of drug-likeness (QED) is 0.464. The molecule has 0 heterocycles. The van der Waals surface area contributed by atoms with E-state index in [2.05, 4.69) is 40.9 Å². The van der Waals surface area contributed by atoms with Crippen LogP contribution < -0.4 is 4.90 Å². The number of anilines is 3. The van der Waals surface area contributed by atoms with Crippen LogP contribution in [-0.2, 0) is 4.79 Å². The van der Waals surface area contributed by atoms with Gasteiger partial charge in [-0.15, -0.1) is 0 Å². The largest absolute Gasteiger partial charge is 0.486 e. The number of hydrogen-bond acceptors (Lipinski definition) is 2. The van der Waals surface area contributed by atoms with E-state index in [0.717, 1.165) is 17.1 Å². The van der Waals surface area contributed by atoms with Gasteiger partial charge >= 0.3 is 5.97 Å². The van der Waals surface area contributed by atoms with E-state index in [4.69, 9.17) is 11.7 Å². The first kappa shape index (κ1) is 18.0. The van der Waals surface area contributed by atoms with E-state index < -0.39 is 5.97 Å². The van der Waals surface area contributed by atoms with E-state index in [9.17, 15) is 4.79 Å². The second-order valence-electron chi connectivity index (χ2n) is 6.04. The second kappa shape index (κ2) is 8.03. The van der Waals surface area contributed by atoms with Crippen LogP contribution in [-0.4, -0.2) is 11.1 Å². The first-order valence-electron chi connectivity index (χ1n) is 8.43. The predicted octanol–water partition coefficient (Wildman–Crippen LogP) is 5.81. The van der Waals surface area contributed by atoms with Gasteiger partial charge in [0.2, 0.25) is 0 Å². The van der Waals surface area contributed by atoms with E-state index >= 15 is 0 Å². The molecule has 0 amide bonds. The van der Waals surface area contributed by atoms with Crippen LogP contribution in [0.4, 0.5) is 17.1 Å². The molecular formula is C23H18N2O2. The lowest BCUT2D eigenvalue weighted by Crippen LogP contribution is -2.09. The molecule has 0 aliphatic heterocycles. The van der Waals surface area contributed by atoms with Crippen LogP contribution in [0.5, 0.6) is 0 Å². The third-order valence-electron chi connectivity index (χ3n) is 4.10. The summed E-state index contributed by atoms with van der Waals surface area (Å²) < 4.78 is 0. The summed E-state index contributed by atoms with van der Waals surface area (Å²) in [6.07, 6.45) is 1.37. The van der Waals surface area contributed by atoms with Crippen LogP contribution in [0.1, 0.15) is 11.1 Å². The van der Waals surface area contributed by atoms with E-state index in [0.29, 0.717) is 5.56 Å². The molecule has 3 aromatic rings. The van der Waals surface area contributed by atoms with Crippen molar-refractivity contribution in [2.75, 3.05) is 4.90 Å². The van der Waals surface area contributed by atoms with Crippen molar-refractivity contribution in [3.05, 3.63) is 107 Å². The number of carboxylic acid groups (broad SMARTS) is 1. The molecule has 0 saturated heterocycles. The van der Waals surface area contributed by atoms with Gasteiger partial charge in [-0.2, -0.15) is 0 Å². The average Bonchev–Trinajstić information content (AvgIpc) is 2.69. The van der Waals surface area contributed by atoms with Crippen LogP contribution in [0.15, 0.2) is 84.6 Å². The molecule has 3 rings (SSSR count). The summed E-state index contributed by atoms with van der Waals surface area (Å²) in [6, 6.07) is 25.8. The highest BCUT2D eigenvalue weighted by molar-refractivity contribution is 5.94. The number of carbonyl (C=O) groups is 1. The molecule has 0 spiro atoms. The summed E-state index contributed by atoms with van der Waals surface area (Å²) in [4.78, 5) is 16.2. The van der Waals surface area contributed by atoms with Gasteiger partial charge in [0.05, 0.1) is 6.57 Å². The molecule has 4 heteroatoms. The molecule has 0 atom stereocenters. The van der Waals surface area contributed by atoms with E-state index in [1.165, 1.54) is 11.6 Å². The molecule has 0 aliphatic carbocycles. The Hall–Kier alpha value is -3.84. The minimum atomic E-state index is -1.22. The fourth-order valence-electron chi connectivity index (χ4n) is 2.74. The molecule has 132 valence electrons. The van der Waals surface area contributed by atoms with Crippen LogP contribution in [0, 0.1) is 13.5 Å². The molecule has 3 aromatic carbocycles. The van der Waals surface area contributed by atoms with Gasteiger partial charge < -0.3 is 10.0 Å². The van der Waals surface area contributed by atoms with Crippen molar-refractivity contribution in [1.29, 1.82) is 0 Å². The van der Waals surface area contributed by atoms with Gasteiger partial charge in [0, 0.05) is 17.1 Å². The molecule has 0 unspecified atom stereocenters. The summed E-state index contributed by atoms with van der Waals surface area (Å²) in [6.45, 7) is 9.01. The van der Waals surface area contributed by atoms with Gasteiger partial charge in [-0.25, -0.2) is 4.85 Å². The lowest BCUT2D eigenvalue weighted by molar-refractivity contribution is -0.132. The Bertz CT molecular complexity index is 999. The smallest absolute Gasteiger partial charge is 0.333 e. The Kier molecular flexibility index (Phi) is 5.34. The number of para-hydroxylation sites is 1. The number of hydrogen-bond donors (Lipinski definition) is 1. The van der Waals surface area contributed by atoms with Crippen molar-refractivity contribution in [2.45, 2.75) is 6.92 Å². The Labute approximate surface area is 158 Å². The summed E-state index contributed by atoms with van der Waals surface area (Å²) >= 11 is 0. The van der Waals surface area contributed by atoms with Gasteiger partial charge in [-0.05, 0) is 55.0 Å². The van der Waals surface area contributed by atoms with Gasteiger partial charge in [-0.1, -0.05) is 48.0 Å². The van der Waals surface area contributed by atoms with Crippen molar-refractivity contribution >= 4 is 29.1 Å². The van der Waals surface area contributed by atoms with Gasteiger partial charge in [-0.3, -0.25) is 4.79 Å². The molecule has 27 heavy (non-hydrogen) atoms. The average molecular weight is 354 g/mol. The number of aryl methyl sites for hydroxylation is 1. The SMILES string of the molecule is [C-]#[N+]C(=Cc1ccc(N(c2ccccc2)c2ccc(C)cc2)cc1)C(=O)O. The third kappa shape index (κ3) is 4.23. The Balaban J connectivity index is 2.02. The molecule has 4 nitrogen and oxygen atoms in total. The van der Waals surface area contributed by atoms with Gasteiger partial charge in [0.1, 0.15) is 0 Å². The maximum Gasteiger partial charge on any atom is 0.333 e. The standard InChI is InChI=1S/C23H18N2O2/c1-17-8-12-20(13-9-17)25(19-6-4-3-5-7-19)21-14-10-18(11-15-21)16-22(24-2)23(26)27/h3-16H,1H3,(H,26,27). The fourth-order valence-corrected chi connectivity index (χ4v) is 2.74. The monoisotopic (exact) mass is 354 g/mol. The lowest BCUT2D eigenvalue weighted by Gasteiger charge is -2.25. The minimum Gasteiger partial charge on any atom is -0.486 e. The summed E-state index contributed by atoms with van der Waals surface area (Å²) in [5, 5.41) is 9.01. The topological polar surface area (TPSA) is 44.9 Å². The zero-order chi connectivity index (χ0) is 19.2. The maximum atomic E-state index is 11.0. The van der Waals surface area contributed by atoms with Crippen molar-refractivity contribution in [3.8, 4) is 0 Å². The van der Waals surface area contributed by atoms with Gasteiger partial charge in [0.15, 0.2) is 0 Å². The molecule has 0 fully saturated rings. The molecule has 0 radical (unpaired) electrons. The molecule has 0 bridgehead atoms. The molecule has 1 N–H and O–H groups in total. The molecule has 0 aliphatic rings. The lowest BCUT2D eigenvalue weighted by atomic mass is 10.1. The minimum absolute atomic E-state index is 0.304. The summed E-state index contributed by atoms with van der Waals surface area (Å²) in [5.41, 5.74) is 4.55. The van der Waals surface area contributed by atoms with Crippen LogP contribution in [0.2, 0.25) is 0 Å². The van der Waals surface area contributed by atoms with Crippen molar-refractivity contribution in [1.82, 2.24) is 0 Å². The first-order chi connectivity index (χ1) is 13.1. The highest BCUT2D eigenvalue weighted by Crippen LogP contribution is 2.34. The first-order valence-corrected chi connectivity index (χ1v) is 8.43. The highest BCUT2D eigenvalue weighted by atomic mass is 16.4. The Morgan fingerprint density at radius 1 is 0.889 bits per heavy atom. The highest BCUT2D eigenvalue weighted by Gasteiger charge is 2.12. The van der Waals surface area contributed by atoms with Crippen LogP contribution in [0.3, 0.4) is 0 Å². The number of carboxylic acids is 1. The van der Waals surface area contributed by atoms with E-state index in [1.54, 1.807) is 0 Å². The molecule has 0 saturated carbocycles. The van der Waals surface area contributed by atoms with E-state index in [-0.39, 0.29) is 5.70 Å². The summed E-state index contributed by atoms with van der Waals surface area (Å²) in [7, 11) is 0. The van der Waals surface area contributed by atoms with E-state index in [1.807, 2.05) is 54.6 Å². The second-order valence-corrected chi connectivity index (χ2v) is 6.04. The number of rotatable bonds is 5. The Morgan fingerprint density at radius 2 is 1.41 bits per heavy atom. The number of benzene rings is 3. The van der Waals surface area contributed by atoms with Gasteiger partial charge in [0.25, 0.3) is 5.70 Å². The normalized spacial score (nSPS) is 10.9. The molecular weight excluding hydrogens is 336 g/mol. The zero-order valence-electron chi connectivity index (χ0n) is 14.8. The molecule has 0 aromatic heterocycles. The number of aliphatic carboxylic acids is 1. The Morgan fingerprint density at radius 3 is 1.93 bits per heavy atom. The summed E-state index contributed by atoms with van der Waals surface area (Å²) in [5.74, 6) is -1.22. The fraction of sp³-hybridized carbons (Fsp3) is 0.0435. The maximum absolute atomic E-state index is 11.0. The van der Waals surface area contributed by atoms with Crippen molar-refractivity contribution in [2.24, 2.45) is 0 Å². The van der Waals surface area contributed by atoms with Crippen molar-refractivity contribution < 1.29 is 9.90 Å². The number of nitrogens with zero attached hydrogens (tertiary/aromatic N) is 2. The predicted molar refractivity (Wildman–Crippen MR) is 108 cm³/mol. The van der Waals surface area contributed by atoms with Crippen LogP contribution in [0.25, 0.3) is 10.9 Å². The third-order valence-corrected chi connectivity index (χ3v) is 4.10. The van der Waals surface area contributed by atoms with Crippen molar-refractivity contribution in [3.63, 3.8) is 0 Å². The zero-order valence-corrected chi connectivity index (χ0v) is 14.8. The van der Waals surface area contributed by atoms with Crippen LogP contribution >= 0.6 is 0 Å².